The lowest BCUT2D eigenvalue weighted by molar-refractivity contribution is 0.153. The second-order valence-corrected chi connectivity index (χ2v) is 6.26. The van der Waals surface area contributed by atoms with E-state index in [1.54, 1.807) is 6.20 Å². The lowest BCUT2D eigenvalue weighted by atomic mass is 10.0. The molecule has 22 heavy (non-hydrogen) atoms. The zero-order valence-electron chi connectivity index (χ0n) is 12.4. The second-order valence-electron chi connectivity index (χ2n) is 4.38. The van der Waals surface area contributed by atoms with Crippen LogP contribution in [0.2, 0.25) is 0 Å². The van der Waals surface area contributed by atoms with Gasteiger partial charge in [-0.25, -0.2) is 9.55 Å². The monoisotopic (exact) mass is 323 g/mol. The van der Waals surface area contributed by atoms with E-state index >= 15 is 0 Å². The topological polar surface area (TPSA) is 96.6 Å². The van der Waals surface area contributed by atoms with Crippen molar-refractivity contribution in [1.29, 1.82) is 0 Å². The van der Waals surface area contributed by atoms with Gasteiger partial charge in [0.05, 0.1) is 24.7 Å². The molecule has 1 aromatic carbocycles. The van der Waals surface area contributed by atoms with Crippen molar-refractivity contribution >= 4 is 13.6 Å². The number of rotatable bonds is 7. The molecule has 0 fully saturated rings. The maximum Gasteiger partial charge on any atom is 0.474 e. The van der Waals surface area contributed by atoms with Crippen LogP contribution in [0.15, 0.2) is 36.7 Å². The van der Waals surface area contributed by atoms with E-state index < -0.39 is 7.82 Å². The van der Waals surface area contributed by atoms with Crippen LogP contribution < -0.4 is 5.73 Å². The number of anilines is 1. The summed E-state index contributed by atoms with van der Waals surface area (Å²) >= 11 is 0. The summed E-state index contributed by atoms with van der Waals surface area (Å²) in [5, 5.41) is 0. The fourth-order valence-electron chi connectivity index (χ4n) is 1.91. The molecule has 8 heteroatoms. The molecule has 1 aromatic heterocycles. The van der Waals surface area contributed by atoms with E-state index in [1.165, 1.54) is 20.4 Å². The van der Waals surface area contributed by atoms with Gasteiger partial charge in [-0.15, -0.1) is 0 Å². The van der Waals surface area contributed by atoms with Crippen LogP contribution in [0.5, 0.6) is 0 Å². The highest BCUT2D eigenvalue weighted by molar-refractivity contribution is 7.48. The van der Waals surface area contributed by atoms with Gasteiger partial charge in [0.15, 0.2) is 0 Å². The molecule has 7 nitrogen and oxygen atoms in total. The van der Waals surface area contributed by atoms with Crippen LogP contribution in [-0.2, 0) is 24.6 Å². The molecule has 0 unspecified atom stereocenters. The molecule has 118 valence electrons. The minimum absolute atomic E-state index is 0.193. The maximum absolute atomic E-state index is 11.8. The minimum Gasteiger partial charge on any atom is -0.382 e. The lowest BCUT2D eigenvalue weighted by Gasteiger charge is -2.14. The lowest BCUT2D eigenvalue weighted by Crippen LogP contribution is -2.02. The SMILES string of the molecule is COP(=O)(OC)OCCc1ccccc1-c1cnc(N)cn1. The Hall–Kier alpha value is -1.79. The molecule has 0 aliphatic heterocycles. The first-order chi connectivity index (χ1) is 10.6. The number of phosphoric acid groups is 1. The summed E-state index contributed by atoms with van der Waals surface area (Å²) < 4.78 is 26.5. The normalized spacial score (nSPS) is 11.5. The number of phosphoric ester groups is 1. The van der Waals surface area contributed by atoms with Gasteiger partial charge in [-0.2, -0.15) is 0 Å². The van der Waals surface area contributed by atoms with Crippen LogP contribution in [0, 0.1) is 0 Å². The van der Waals surface area contributed by atoms with Gasteiger partial charge in [0, 0.05) is 19.8 Å². The van der Waals surface area contributed by atoms with Crippen LogP contribution in [0.4, 0.5) is 5.82 Å². The van der Waals surface area contributed by atoms with Crippen molar-refractivity contribution in [3.05, 3.63) is 42.2 Å². The van der Waals surface area contributed by atoms with Crippen molar-refractivity contribution in [2.75, 3.05) is 26.6 Å². The third-order valence-corrected chi connectivity index (χ3v) is 4.43. The first kappa shape index (κ1) is 16.6. The minimum atomic E-state index is -3.46. The summed E-state index contributed by atoms with van der Waals surface area (Å²) in [6, 6.07) is 7.70. The van der Waals surface area contributed by atoms with Crippen LogP contribution >= 0.6 is 7.82 Å². The first-order valence-corrected chi connectivity index (χ1v) is 8.06. The second kappa shape index (κ2) is 7.47. The van der Waals surface area contributed by atoms with Gasteiger partial charge in [-0.1, -0.05) is 24.3 Å². The van der Waals surface area contributed by atoms with Gasteiger partial charge < -0.3 is 5.73 Å². The zero-order chi connectivity index (χ0) is 16.0. The average Bonchev–Trinajstić information content (AvgIpc) is 2.56. The van der Waals surface area contributed by atoms with Crippen molar-refractivity contribution in [2.45, 2.75) is 6.42 Å². The summed E-state index contributed by atoms with van der Waals surface area (Å²) in [4.78, 5) is 8.31. The molecule has 0 atom stereocenters. The Kier molecular flexibility index (Phi) is 5.63. The fourth-order valence-corrected chi connectivity index (χ4v) is 2.59. The molecule has 0 saturated heterocycles. The molecular weight excluding hydrogens is 305 g/mol. The Morgan fingerprint density at radius 1 is 1.14 bits per heavy atom. The molecule has 1 heterocycles. The van der Waals surface area contributed by atoms with E-state index in [4.69, 9.17) is 19.3 Å². The van der Waals surface area contributed by atoms with E-state index in [2.05, 4.69) is 9.97 Å². The number of nitrogens with zero attached hydrogens (tertiary/aromatic N) is 2. The molecule has 2 N–H and O–H groups in total. The molecule has 0 amide bonds. The maximum atomic E-state index is 11.8. The van der Waals surface area contributed by atoms with E-state index in [0.717, 1.165) is 11.1 Å². The Morgan fingerprint density at radius 3 is 2.50 bits per heavy atom. The quantitative estimate of drug-likeness (QED) is 0.782. The van der Waals surface area contributed by atoms with E-state index in [-0.39, 0.29) is 6.61 Å². The predicted octanol–water partition coefficient (Wildman–Crippen LogP) is 2.69. The number of hydrogen-bond acceptors (Lipinski definition) is 7. The van der Waals surface area contributed by atoms with Crippen molar-refractivity contribution < 1.29 is 18.1 Å². The van der Waals surface area contributed by atoms with Crippen LogP contribution in [0.3, 0.4) is 0 Å². The van der Waals surface area contributed by atoms with Crippen molar-refractivity contribution in [3.63, 3.8) is 0 Å². The first-order valence-electron chi connectivity index (χ1n) is 6.60. The molecule has 0 radical (unpaired) electrons. The van der Waals surface area contributed by atoms with Crippen molar-refractivity contribution in [3.8, 4) is 11.3 Å². The molecule has 2 rings (SSSR count). The molecule has 0 aliphatic rings. The largest absolute Gasteiger partial charge is 0.474 e. The summed E-state index contributed by atoms with van der Waals surface area (Å²) in [5.74, 6) is 0.366. The number of benzene rings is 1. The van der Waals surface area contributed by atoms with Gasteiger partial charge in [0.2, 0.25) is 0 Å². The molecule has 0 aliphatic carbocycles. The standard InChI is InChI=1S/C14H18N3O4P/c1-19-22(18,20-2)21-8-7-11-5-3-4-6-12(11)13-9-17-14(15)10-16-13/h3-6,9-10H,7-8H2,1-2H3,(H2,15,17). The summed E-state index contributed by atoms with van der Waals surface area (Å²) in [5.41, 5.74) is 8.17. The Balaban J connectivity index is 2.12. The van der Waals surface area contributed by atoms with Crippen LogP contribution in [-0.4, -0.2) is 30.8 Å². The number of hydrogen-bond donors (Lipinski definition) is 1. The molecule has 0 bridgehead atoms. The zero-order valence-corrected chi connectivity index (χ0v) is 13.3. The Morgan fingerprint density at radius 2 is 1.86 bits per heavy atom. The highest BCUT2D eigenvalue weighted by Gasteiger charge is 2.22. The molecule has 2 aromatic rings. The average molecular weight is 323 g/mol. The van der Waals surface area contributed by atoms with Gasteiger partial charge in [0.1, 0.15) is 5.82 Å². The number of nitrogens with two attached hydrogens (primary N) is 1. The van der Waals surface area contributed by atoms with Crippen molar-refractivity contribution in [2.24, 2.45) is 0 Å². The fraction of sp³-hybridized carbons (Fsp3) is 0.286. The van der Waals surface area contributed by atoms with Gasteiger partial charge in [-0.3, -0.25) is 18.6 Å². The predicted molar refractivity (Wildman–Crippen MR) is 83.2 cm³/mol. The third kappa shape index (κ3) is 4.11. The summed E-state index contributed by atoms with van der Waals surface area (Å²) in [6.07, 6.45) is 3.65. The van der Waals surface area contributed by atoms with Crippen LogP contribution in [0.1, 0.15) is 5.56 Å². The van der Waals surface area contributed by atoms with Gasteiger partial charge in [0.25, 0.3) is 0 Å². The Bertz CT molecular complexity index is 655. The highest BCUT2D eigenvalue weighted by atomic mass is 31.2. The van der Waals surface area contributed by atoms with Crippen LogP contribution in [0.25, 0.3) is 11.3 Å². The van der Waals surface area contributed by atoms with Gasteiger partial charge >= 0.3 is 7.82 Å². The summed E-state index contributed by atoms with van der Waals surface area (Å²) in [7, 11) is -0.896. The van der Waals surface area contributed by atoms with E-state index in [0.29, 0.717) is 17.9 Å². The number of nitrogen functional groups attached to an aromatic ring is 1. The third-order valence-electron chi connectivity index (χ3n) is 3.03. The molecule has 0 saturated carbocycles. The summed E-state index contributed by atoms with van der Waals surface area (Å²) in [6.45, 7) is 0.193. The van der Waals surface area contributed by atoms with E-state index in [1.807, 2.05) is 24.3 Å². The highest BCUT2D eigenvalue weighted by Crippen LogP contribution is 2.47. The number of aromatic nitrogens is 2. The van der Waals surface area contributed by atoms with Gasteiger partial charge in [-0.05, 0) is 12.0 Å². The van der Waals surface area contributed by atoms with Crippen molar-refractivity contribution in [1.82, 2.24) is 9.97 Å². The Labute approximate surface area is 129 Å². The molecular formula is C14H18N3O4P. The molecule has 0 spiro atoms. The smallest absolute Gasteiger partial charge is 0.382 e. The van der Waals surface area contributed by atoms with E-state index in [9.17, 15) is 4.57 Å².